The SMILES string of the molecule is CC(=O)c1ccc(OCCCN2C(=O)c3ccccc3C2=O)cc1. The predicted molar refractivity (Wildman–Crippen MR) is 88.4 cm³/mol. The molecule has 2 amide bonds. The maximum absolute atomic E-state index is 12.2. The van der Waals surface area contributed by atoms with Crippen molar-refractivity contribution in [1.29, 1.82) is 0 Å². The van der Waals surface area contributed by atoms with Gasteiger partial charge >= 0.3 is 0 Å². The fourth-order valence-electron chi connectivity index (χ4n) is 2.64. The summed E-state index contributed by atoms with van der Waals surface area (Å²) in [5.74, 6) is 0.164. The number of carbonyl (C=O) groups excluding carboxylic acids is 3. The highest BCUT2D eigenvalue weighted by atomic mass is 16.5. The van der Waals surface area contributed by atoms with Crippen molar-refractivity contribution < 1.29 is 19.1 Å². The Bertz CT molecular complexity index is 760. The zero-order valence-electron chi connectivity index (χ0n) is 13.3. The minimum atomic E-state index is -0.249. The Morgan fingerprint density at radius 1 is 0.958 bits per heavy atom. The Labute approximate surface area is 139 Å². The van der Waals surface area contributed by atoms with Crippen molar-refractivity contribution >= 4 is 17.6 Å². The van der Waals surface area contributed by atoms with E-state index in [1.165, 1.54) is 11.8 Å². The Hall–Kier alpha value is -2.95. The van der Waals surface area contributed by atoms with Gasteiger partial charge in [-0.25, -0.2) is 0 Å². The van der Waals surface area contributed by atoms with E-state index in [9.17, 15) is 14.4 Å². The van der Waals surface area contributed by atoms with Crippen molar-refractivity contribution in [2.24, 2.45) is 0 Å². The largest absolute Gasteiger partial charge is 0.494 e. The standard InChI is InChI=1S/C19H17NO4/c1-13(21)14-7-9-15(10-8-14)24-12-4-11-20-18(22)16-5-2-3-6-17(16)19(20)23/h2-3,5-10H,4,11-12H2,1H3. The second-order valence-electron chi connectivity index (χ2n) is 5.59. The van der Waals surface area contributed by atoms with Gasteiger partial charge in [-0.05, 0) is 49.7 Å². The Kier molecular flexibility index (Phi) is 4.42. The first-order valence-corrected chi connectivity index (χ1v) is 7.77. The first-order chi connectivity index (χ1) is 11.6. The third kappa shape index (κ3) is 3.06. The fourth-order valence-corrected chi connectivity index (χ4v) is 2.64. The number of benzene rings is 2. The lowest BCUT2D eigenvalue weighted by Crippen LogP contribution is -2.31. The van der Waals surface area contributed by atoms with Crippen LogP contribution in [0.15, 0.2) is 48.5 Å². The average Bonchev–Trinajstić information content (AvgIpc) is 2.84. The van der Waals surface area contributed by atoms with E-state index in [0.717, 1.165) is 0 Å². The van der Waals surface area contributed by atoms with Crippen LogP contribution >= 0.6 is 0 Å². The molecule has 5 nitrogen and oxygen atoms in total. The van der Waals surface area contributed by atoms with E-state index >= 15 is 0 Å². The zero-order chi connectivity index (χ0) is 17.1. The van der Waals surface area contributed by atoms with E-state index in [4.69, 9.17) is 4.74 Å². The van der Waals surface area contributed by atoms with Crippen molar-refractivity contribution in [2.45, 2.75) is 13.3 Å². The fraction of sp³-hybridized carbons (Fsp3) is 0.211. The van der Waals surface area contributed by atoms with E-state index in [1.54, 1.807) is 48.5 Å². The van der Waals surface area contributed by atoms with E-state index in [-0.39, 0.29) is 17.6 Å². The van der Waals surface area contributed by atoms with Crippen molar-refractivity contribution in [3.8, 4) is 5.75 Å². The summed E-state index contributed by atoms with van der Waals surface area (Å²) in [7, 11) is 0. The number of hydrogen-bond donors (Lipinski definition) is 0. The van der Waals surface area contributed by atoms with Gasteiger partial charge in [0.2, 0.25) is 0 Å². The van der Waals surface area contributed by atoms with Gasteiger partial charge in [-0.3, -0.25) is 19.3 Å². The summed E-state index contributed by atoms with van der Waals surface area (Å²) < 4.78 is 5.59. The Morgan fingerprint density at radius 2 is 1.54 bits per heavy atom. The van der Waals surface area contributed by atoms with Gasteiger partial charge in [0.1, 0.15) is 5.75 Å². The van der Waals surface area contributed by atoms with Crippen LogP contribution in [0.3, 0.4) is 0 Å². The summed E-state index contributed by atoms with van der Waals surface area (Å²) in [4.78, 5) is 36.9. The van der Waals surface area contributed by atoms with Crippen LogP contribution < -0.4 is 4.74 Å². The Balaban J connectivity index is 1.52. The minimum absolute atomic E-state index is 0.00664. The Morgan fingerprint density at radius 3 is 2.08 bits per heavy atom. The maximum Gasteiger partial charge on any atom is 0.261 e. The van der Waals surface area contributed by atoms with E-state index in [1.807, 2.05) is 0 Å². The average molecular weight is 323 g/mol. The lowest BCUT2D eigenvalue weighted by molar-refractivity contribution is 0.0646. The molecule has 0 atom stereocenters. The molecule has 0 aromatic heterocycles. The molecule has 0 saturated carbocycles. The van der Waals surface area contributed by atoms with Crippen molar-refractivity contribution in [1.82, 2.24) is 4.90 Å². The van der Waals surface area contributed by atoms with Gasteiger partial charge in [-0.2, -0.15) is 0 Å². The van der Waals surface area contributed by atoms with Gasteiger partial charge in [-0.15, -0.1) is 0 Å². The number of imide groups is 1. The molecular weight excluding hydrogens is 306 g/mol. The van der Waals surface area contributed by atoms with Crippen LogP contribution in [0.1, 0.15) is 44.4 Å². The van der Waals surface area contributed by atoms with Crippen LogP contribution in [0.2, 0.25) is 0 Å². The number of amides is 2. The summed E-state index contributed by atoms with van der Waals surface area (Å²) in [6.45, 7) is 2.21. The van der Waals surface area contributed by atoms with Gasteiger partial charge in [0.05, 0.1) is 17.7 Å². The molecule has 0 fully saturated rings. The lowest BCUT2D eigenvalue weighted by Gasteiger charge is -2.14. The molecule has 2 aromatic carbocycles. The van der Waals surface area contributed by atoms with Crippen LogP contribution in [0.25, 0.3) is 0 Å². The number of carbonyl (C=O) groups is 3. The molecule has 122 valence electrons. The monoisotopic (exact) mass is 323 g/mol. The molecule has 0 unspecified atom stereocenters. The van der Waals surface area contributed by atoms with E-state index < -0.39 is 0 Å². The molecule has 0 aliphatic carbocycles. The van der Waals surface area contributed by atoms with Gasteiger partial charge in [0.25, 0.3) is 11.8 Å². The van der Waals surface area contributed by atoms with Crippen molar-refractivity contribution in [2.75, 3.05) is 13.2 Å². The number of Topliss-reactive ketones (excluding diaryl/α,β-unsaturated/α-hetero) is 1. The summed E-state index contributed by atoms with van der Waals surface area (Å²) >= 11 is 0. The molecule has 1 aliphatic rings. The quantitative estimate of drug-likeness (QED) is 0.466. The molecule has 24 heavy (non-hydrogen) atoms. The topological polar surface area (TPSA) is 63.7 Å². The second kappa shape index (κ2) is 6.66. The summed E-state index contributed by atoms with van der Waals surface area (Å²) in [6, 6.07) is 13.7. The number of ketones is 1. The first kappa shape index (κ1) is 15.9. The highest BCUT2D eigenvalue weighted by molar-refractivity contribution is 6.21. The van der Waals surface area contributed by atoms with Crippen LogP contribution in [0, 0.1) is 0 Å². The summed E-state index contributed by atoms with van der Waals surface area (Å²) in [5.41, 5.74) is 1.56. The molecule has 0 spiro atoms. The van der Waals surface area contributed by atoms with E-state index in [2.05, 4.69) is 0 Å². The van der Waals surface area contributed by atoms with E-state index in [0.29, 0.717) is 42.0 Å². The van der Waals surface area contributed by atoms with Crippen LogP contribution in [-0.2, 0) is 0 Å². The zero-order valence-corrected chi connectivity index (χ0v) is 13.3. The third-order valence-corrected chi connectivity index (χ3v) is 3.93. The van der Waals surface area contributed by atoms with Gasteiger partial charge in [-0.1, -0.05) is 12.1 Å². The molecule has 0 bridgehead atoms. The van der Waals surface area contributed by atoms with Gasteiger partial charge in [0, 0.05) is 12.1 Å². The number of ether oxygens (including phenoxy) is 1. The molecule has 1 aliphatic heterocycles. The number of fused-ring (bicyclic) bond motifs is 1. The predicted octanol–water partition coefficient (Wildman–Crippen LogP) is 2.95. The van der Waals surface area contributed by atoms with Crippen LogP contribution in [-0.4, -0.2) is 35.6 Å². The molecule has 3 rings (SSSR count). The lowest BCUT2D eigenvalue weighted by atomic mass is 10.1. The smallest absolute Gasteiger partial charge is 0.261 e. The van der Waals surface area contributed by atoms with Crippen molar-refractivity contribution in [3.63, 3.8) is 0 Å². The maximum atomic E-state index is 12.2. The second-order valence-corrected chi connectivity index (χ2v) is 5.59. The van der Waals surface area contributed by atoms with Gasteiger partial charge < -0.3 is 4.74 Å². The highest BCUT2D eigenvalue weighted by Gasteiger charge is 2.34. The molecular formula is C19H17NO4. The van der Waals surface area contributed by atoms with Gasteiger partial charge in [0.15, 0.2) is 5.78 Å². The molecule has 5 heteroatoms. The first-order valence-electron chi connectivity index (χ1n) is 7.77. The number of nitrogens with zero attached hydrogens (tertiary/aromatic N) is 1. The molecule has 2 aromatic rings. The minimum Gasteiger partial charge on any atom is -0.494 e. The number of rotatable bonds is 6. The summed E-state index contributed by atoms with van der Waals surface area (Å²) in [6.07, 6.45) is 0.542. The molecule has 0 radical (unpaired) electrons. The third-order valence-electron chi connectivity index (χ3n) is 3.93. The van der Waals surface area contributed by atoms with Crippen LogP contribution in [0.5, 0.6) is 5.75 Å². The molecule has 1 heterocycles. The van der Waals surface area contributed by atoms with Crippen molar-refractivity contribution in [3.05, 3.63) is 65.2 Å². The van der Waals surface area contributed by atoms with Crippen LogP contribution in [0.4, 0.5) is 0 Å². The molecule has 0 N–H and O–H groups in total. The normalized spacial score (nSPS) is 13.1. The summed E-state index contributed by atoms with van der Waals surface area (Å²) in [5, 5.41) is 0. The number of hydrogen-bond acceptors (Lipinski definition) is 4. The molecule has 0 saturated heterocycles. The highest BCUT2D eigenvalue weighted by Crippen LogP contribution is 2.22.